The monoisotopic (exact) mass is 178 g/mol. The van der Waals surface area contributed by atoms with E-state index in [4.69, 9.17) is 7.85 Å². The molecule has 0 amide bonds. The molecule has 4 atom stereocenters. The molecule has 2 radical (unpaired) electrons. The van der Waals surface area contributed by atoms with Gasteiger partial charge in [-0.2, -0.15) is 0 Å². The van der Waals surface area contributed by atoms with Crippen molar-refractivity contribution >= 4 is 7.85 Å². The largest absolute Gasteiger partial charge is 0.0716 e. The number of hydrogen-bond donors (Lipinski definition) is 0. The maximum Gasteiger partial charge on any atom is 0.0707 e. The third kappa shape index (κ3) is 2.30. The minimum atomic E-state index is 0.480. The zero-order valence-corrected chi connectivity index (χ0v) is 9.42. The summed E-state index contributed by atoms with van der Waals surface area (Å²) < 4.78 is 0. The van der Waals surface area contributed by atoms with Crippen LogP contribution in [0.4, 0.5) is 0 Å². The minimum Gasteiger partial charge on any atom is -0.0716 e. The van der Waals surface area contributed by atoms with Crippen LogP contribution in [0, 0.1) is 17.8 Å². The Morgan fingerprint density at radius 3 is 1.92 bits per heavy atom. The van der Waals surface area contributed by atoms with Gasteiger partial charge in [0.2, 0.25) is 0 Å². The van der Waals surface area contributed by atoms with Crippen LogP contribution in [0.5, 0.6) is 0 Å². The van der Waals surface area contributed by atoms with Crippen LogP contribution in [0.1, 0.15) is 52.9 Å². The van der Waals surface area contributed by atoms with E-state index >= 15 is 0 Å². The molecule has 74 valence electrons. The molecule has 13 heavy (non-hydrogen) atoms. The predicted octanol–water partition coefficient (Wildman–Crippen LogP) is 3.82. The van der Waals surface area contributed by atoms with Crippen LogP contribution in [-0.2, 0) is 0 Å². The molecule has 0 aromatic carbocycles. The van der Waals surface area contributed by atoms with E-state index in [1.807, 2.05) is 0 Å². The third-order valence-electron chi connectivity index (χ3n) is 4.07. The van der Waals surface area contributed by atoms with Crippen LogP contribution in [0.2, 0.25) is 5.82 Å². The Balaban J connectivity index is 2.59. The van der Waals surface area contributed by atoms with Gasteiger partial charge in [-0.25, -0.2) is 0 Å². The molecule has 1 heteroatoms. The van der Waals surface area contributed by atoms with E-state index in [-0.39, 0.29) is 0 Å². The molecule has 0 nitrogen and oxygen atoms in total. The van der Waals surface area contributed by atoms with E-state index in [0.717, 1.165) is 17.8 Å². The summed E-state index contributed by atoms with van der Waals surface area (Å²) in [5.41, 5.74) is 0. The number of rotatable bonds is 3. The summed E-state index contributed by atoms with van der Waals surface area (Å²) in [7, 11) is 6.31. The first-order valence-corrected chi connectivity index (χ1v) is 6.00. The summed E-state index contributed by atoms with van der Waals surface area (Å²) in [6.07, 6.45) is 6.65. The molecule has 4 unspecified atom stereocenters. The molecule has 0 heterocycles. The first kappa shape index (κ1) is 11.1. The molecule has 0 aromatic heterocycles. The molecule has 0 spiro atoms. The van der Waals surface area contributed by atoms with Crippen LogP contribution in [0.3, 0.4) is 0 Å². The van der Waals surface area contributed by atoms with E-state index in [1.54, 1.807) is 0 Å². The second-order valence-corrected chi connectivity index (χ2v) is 4.56. The van der Waals surface area contributed by atoms with Crippen molar-refractivity contribution in [2.75, 3.05) is 0 Å². The van der Waals surface area contributed by atoms with Gasteiger partial charge in [-0.15, -0.1) is 0 Å². The number of hydrogen-bond acceptors (Lipinski definition) is 0. The van der Waals surface area contributed by atoms with E-state index in [2.05, 4.69) is 20.8 Å². The standard InChI is InChI=1S/C12H23B/c1-4-9-7-8-10(5-2)12(13)11(9)6-3/h9-12H,4-8H2,1-3H3. The van der Waals surface area contributed by atoms with Crippen molar-refractivity contribution < 1.29 is 0 Å². The Hall–Kier alpha value is 0.0649. The lowest BCUT2D eigenvalue weighted by Gasteiger charge is -2.41. The quantitative estimate of drug-likeness (QED) is 0.576. The van der Waals surface area contributed by atoms with E-state index in [0.29, 0.717) is 5.82 Å². The van der Waals surface area contributed by atoms with Gasteiger partial charge in [-0.05, 0) is 24.2 Å². The smallest absolute Gasteiger partial charge is 0.0707 e. The Kier molecular flexibility index (Phi) is 4.35. The lowest BCUT2D eigenvalue weighted by molar-refractivity contribution is 0.168. The van der Waals surface area contributed by atoms with Gasteiger partial charge in [-0.1, -0.05) is 52.3 Å². The molecular formula is C12H23B. The average Bonchev–Trinajstić information content (AvgIpc) is 2.17. The molecule has 0 aliphatic heterocycles. The maximum absolute atomic E-state index is 6.31. The fourth-order valence-corrected chi connectivity index (χ4v) is 3.09. The Labute approximate surface area is 84.9 Å². The van der Waals surface area contributed by atoms with E-state index in [1.165, 1.54) is 32.1 Å². The summed E-state index contributed by atoms with van der Waals surface area (Å²) in [4.78, 5) is 0. The fraction of sp³-hybridized carbons (Fsp3) is 1.00. The lowest BCUT2D eigenvalue weighted by atomic mass is 9.57. The highest BCUT2D eigenvalue weighted by atomic mass is 14.4. The Morgan fingerprint density at radius 1 is 0.923 bits per heavy atom. The fourth-order valence-electron chi connectivity index (χ4n) is 3.09. The van der Waals surface area contributed by atoms with Gasteiger partial charge >= 0.3 is 0 Å². The summed E-state index contributed by atoms with van der Waals surface area (Å²) in [5.74, 6) is 2.98. The topological polar surface area (TPSA) is 0 Å². The zero-order chi connectivity index (χ0) is 9.84. The van der Waals surface area contributed by atoms with Crippen molar-refractivity contribution in [1.82, 2.24) is 0 Å². The molecule has 1 aliphatic rings. The first-order valence-electron chi connectivity index (χ1n) is 6.00. The Bertz CT molecular complexity index is 144. The van der Waals surface area contributed by atoms with E-state index < -0.39 is 0 Å². The van der Waals surface area contributed by atoms with Gasteiger partial charge in [-0.3, -0.25) is 0 Å². The highest BCUT2D eigenvalue weighted by Crippen LogP contribution is 2.45. The zero-order valence-electron chi connectivity index (χ0n) is 9.42. The molecule has 1 saturated carbocycles. The maximum atomic E-state index is 6.31. The second-order valence-electron chi connectivity index (χ2n) is 4.56. The SMILES string of the molecule is [B]C1C(CC)CCC(CC)C1CC. The van der Waals surface area contributed by atoms with Gasteiger partial charge in [0.05, 0.1) is 7.85 Å². The summed E-state index contributed by atoms with van der Waals surface area (Å²) in [5, 5.41) is 0. The van der Waals surface area contributed by atoms with Gasteiger partial charge in [0.25, 0.3) is 0 Å². The van der Waals surface area contributed by atoms with Crippen LogP contribution in [0.25, 0.3) is 0 Å². The Morgan fingerprint density at radius 2 is 1.46 bits per heavy atom. The summed E-state index contributed by atoms with van der Waals surface area (Å²) in [6.45, 7) is 6.89. The van der Waals surface area contributed by atoms with Crippen molar-refractivity contribution in [3.8, 4) is 0 Å². The van der Waals surface area contributed by atoms with Crippen molar-refractivity contribution in [3.63, 3.8) is 0 Å². The lowest BCUT2D eigenvalue weighted by Crippen LogP contribution is -2.30. The average molecular weight is 178 g/mol. The van der Waals surface area contributed by atoms with Gasteiger partial charge in [0.1, 0.15) is 0 Å². The second kappa shape index (κ2) is 5.07. The van der Waals surface area contributed by atoms with Crippen LogP contribution in [-0.4, -0.2) is 7.85 Å². The normalized spacial score (nSPS) is 40.5. The van der Waals surface area contributed by atoms with Crippen LogP contribution in [0.15, 0.2) is 0 Å². The molecular weight excluding hydrogens is 155 g/mol. The molecule has 0 bridgehead atoms. The highest BCUT2D eigenvalue weighted by molar-refractivity contribution is 6.12. The van der Waals surface area contributed by atoms with Crippen LogP contribution >= 0.6 is 0 Å². The highest BCUT2D eigenvalue weighted by Gasteiger charge is 2.32. The van der Waals surface area contributed by atoms with Crippen LogP contribution < -0.4 is 0 Å². The molecule has 1 aliphatic carbocycles. The van der Waals surface area contributed by atoms with Gasteiger partial charge < -0.3 is 0 Å². The molecule has 0 aromatic rings. The van der Waals surface area contributed by atoms with Crippen molar-refractivity contribution in [3.05, 3.63) is 0 Å². The van der Waals surface area contributed by atoms with Crippen molar-refractivity contribution in [2.24, 2.45) is 17.8 Å². The van der Waals surface area contributed by atoms with Gasteiger partial charge in [0.15, 0.2) is 0 Å². The third-order valence-corrected chi connectivity index (χ3v) is 4.07. The molecule has 0 saturated heterocycles. The van der Waals surface area contributed by atoms with E-state index in [9.17, 15) is 0 Å². The summed E-state index contributed by atoms with van der Waals surface area (Å²) >= 11 is 0. The van der Waals surface area contributed by atoms with Crippen molar-refractivity contribution in [1.29, 1.82) is 0 Å². The summed E-state index contributed by atoms with van der Waals surface area (Å²) in [6, 6.07) is 0. The molecule has 1 rings (SSSR count). The van der Waals surface area contributed by atoms with Gasteiger partial charge in [0, 0.05) is 0 Å². The minimum absolute atomic E-state index is 0.480. The molecule has 0 N–H and O–H groups in total. The molecule has 1 fully saturated rings. The first-order chi connectivity index (χ1) is 6.24. The predicted molar refractivity (Wildman–Crippen MR) is 60.1 cm³/mol. The van der Waals surface area contributed by atoms with Crippen molar-refractivity contribution in [2.45, 2.75) is 58.7 Å².